The second kappa shape index (κ2) is 7.16. The van der Waals surface area contributed by atoms with Gasteiger partial charge in [0.25, 0.3) is 5.91 Å². The molecule has 0 N–H and O–H groups in total. The minimum atomic E-state index is 0.0172. The molecular weight excluding hydrogens is 366 g/mol. The van der Waals surface area contributed by atoms with Crippen LogP contribution in [-0.4, -0.2) is 43.5 Å². The number of carbonyl (C=O) groups is 1. The van der Waals surface area contributed by atoms with Gasteiger partial charge >= 0.3 is 0 Å². The van der Waals surface area contributed by atoms with Gasteiger partial charge in [-0.3, -0.25) is 9.78 Å². The van der Waals surface area contributed by atoms with Crippen molar-refractivity contribution >= 4 is 11.6 Å². The number of aryl methyl sites for hydroxylation is 1. The lowest BCUT2D eigenvalue weighted by atomic mass is 9.97. The first-order valence-electron chi connectivity index (χ1n) is 9.79. The van der Waals surface area contributed by atoms with Gasteiger partial charge in [-0.25, -0.2) is 9.50 Å². The topological polar surface area (TPSA) is 76.5 Å². The molecule has 1 amide bonds. The predicted octanol–water partition coefficient (Wildman–Crippen LogP) is 3.71. The highest BCUT2D eigenvalue weighted by Gasteiger charge is 2.29. The van der Waals surface area contributed by atoms with Crippen LogP contribution in [0.3, 0.4) is 0 Å². The van der Waals surface area contributed by atoms with Crippen molar-refractivity contribution in [3.05, 3.63) is 72.3 Å². The molecule has 0 aromatic carbocycles. The van der Waals surface area contributed by atoms with Gasteiger partial charge in [-0.15, -0.1) is 0 Å². The van der Waals surface area contributed by atoms with Crippen LogP contribution < -0.4 is 0 Å². The van der Waals surface area contributed by atoms with Crippen molar-refractivity contribution < 1.29 is 9.21 Å². The fraction of sp³-hybridized carbons (Fsp3) is 0.273. The Labute approximate surface area is 168 Å². The predicted molar refractivity (Wildman–Crippen MR) is 108 cm³/mol. The molecule has 0 bridgehead atoms. The van der Waals surface area contributed by atoms with E-state index in [4.69, 9.17) is 14.5 Å². The molecule has 7 heteroatoms. The van der Waals surface area contributed by atoms with Gasteiger partial charge in [-0.05, 0) is 44.0 Å². The molecule has 5 rings (SSSR count). The molecule has 29 heavy (non-hydrogen) atoms. The van der Waals surface area contributed by atoms with Crippen molar-refractivity contribution in [1.29, 1.82) is 0 Å². The Morgan fingerprint density at radius 3 is 2.93 bits per heavy atom. The van der Waals surface area contributed by atoms with Crippen molar-refractivity contribution in [2.45, 2.75) is 25.7 Å². The van der Waals surface area contributed by atoms with E-state index in [1.54, 1.807) is 18.5 Å². The lowest BCUT2D eigenvalue weighted by Gasteiger charge is -2.31. The maximum absolute atomic E-state index is 12.8. The number of fused-ring (bicyclic) bond motifs is 1. The van der Waals surface area contributed by atoms with Gasteiger partial charge in [0, 0.05) is 48.7 Å². The molecule has 0 saturated carbocycles. The van der Waals surface area contributed by atoms with Crippen molar-refractivity contribution in [1.82, 2.24) is 24.5 Å². The Kier molecular flexibility index (Phi) is 4.35. The van der Waals surface area contributed by atoms with Crippen LogP contribution in [0.2, 0.25) is 0 Å². The minimum Gasteiger partial charge on any atom is -0.469 e. The molecule has 0 spiro atoms. The molecule has 0 aliphatic carbocycles. The molecule has 1 atom stereocenters. The molecule has 0 radical (unpaired) electrons. The summed E-state index contributed by atoms with van der Waals surface area (Å²) >= 11 is 0. The zero-order valence-corrected chi connectivity index (χ0v) is 16.2. The number of pyridine rings is 2. The van der Waals surface area contributed by atoms with Gasteiger partial charge < -0.3 is 9.32 Å². The van der Waals surface area contributed by atoms with Crippen molar-refractivity contribution in [2.75, 3.05) is 13.1 Å². The molecule has 5 heterocycles. The van der Waals surface area contributed by atoms with E-state index < -0.39 is 0 Å². The highest BCUT2D eigenvalue weighted by Crippen LogP contribution is 2.27. The van der Waals surface area contributed by atoms with E-state index in [0.717, 1.165) is 42.0 Å². The van der Waals surface area contributed by atoms with E-state index in [1.165, 1.54) is 0 Å². The fourth-order valence-corrected chi connectivity index (χ4v) is 3.93. The fourth-order valence-electron chi connectivity index (χ4n) is 3.93. The molecular formula is C22H21N5O2. The van der Waals surface area contributed by atoms with Gasteiger partial charge in [0.2, 0.25) is 0 Å². The molecule has 1 saturated heterocycles. The second-order valence-electron chi connectivity index (χ2n) is 7.41. The van der Waals surface area contributed by atoms with Gasteiger partial charge in [0.1, 0.15) is 5.76 Å². The first kappa shape index (κ1) is 17.6. The summed E-state index contributed by atoms with van der Waals surface area (Å²) in [6, 6.07) is 9.68. The lowest BCUT2D eigenvalue weighted by Crippen LogP contribution is -2.39. The first-order chi connectivity index (χ1) is 14.2. The number of aromatic nitrogens is 4. The summed E-state index contributed by atoms with van der Waals surface area (Å²) in [4.78, 5) is 23.6. The smallest absolute Gasteiger partial charge is 0.257 e. The number of hydrogen-bond acceptors (Lipinski definition) is 5. The second-order valence-corrected chi connectivity index (χ2v) is 7.41. The van der Waals surface area contributed by atoms with Crippen LogP contribution in [-0.2, 0) is 0 Å². The molecule has 1 unspecified atom stereocenters. The number of carbonyl (C=O) groups excluding carboxylic acids is 1. The average molecular weight is 387 g/mol. The Balaban J connectivity index is 1.40. The number of hydrogen-bond donors (Lipinski definition) is 0. The van der Waals surface area contributed by atoms with Gasteiger partial charge in [0.15, 0.2) is 11.5 Å². The average Bonchev–Trinajstić information content (AvgIpc) is 3.39. The third-order valence-electron chi connectivity index (χ3n) is 5.51. The van der Waals surface area contributed by atoms with E-state index in [0.29, 0.717) is 17.9 Å². The third-order valence-corrected chi connectivity index (χ3v) is 5.51. The molecule has 146 valence electrons. The number of nitrogens with zero attached hydrogens (tertiary/aromatic N) is 5. The van der Waals surface area contributed by atoms with Crippen LogP contribution in [0.25, 0.3) is 16.8 Å². The molecule has 1 aliphatic rings. The molecule has 1 fully saturated rings. The lowest BCUT2D eigenvalue weighted by molar-refractivity contribution is 0.0703. The summed E-state index contributed by atoms with van der Waals surface area (Å²) in [7, 11) is 0. The van der Waals surface area contributed by atoms with Crippen LogP contribution in [0.1, 0.15) is 40.7 Å². The van der Waals surface area contributed by atoms with Gasteiger partial charge in [0.05, 0.1) is 11.8 Å². The van der Waals surface area contributed by atoms with E-state index in [9.17, 15) is 4.79 Å². The number of piperidine rings is 1. The van der Waals surface area contributed by atoms with Crippen LogP contribution in [0, 0.1) is 6.92 Å². The highest BCUT2D eigenvalue weighted by atomic mass is 16.3. The molecule has 4 aromatic rings. The monoisotopic (exact) mass is 387 g/mol. The van der Waals surface area contributed by atoms with Crippen LogP contribution in [0.15, 0.2) is 59.6 Å². The van der Waals surface area contributed by atoms with E-state index in [2.05, 4.69) is 4.98 Å². The summed E-state index contributed by atoms with van der Waals surface area (Å²) in [5.74, 6) is 1.59. The Morgan fingerprint density at radius 1 is 1.21 bits per heavy atom. The first-order valence-corrected chi connectivity index (χ1v) is 9.79. The van der Waals surface area contributed by atoms with E-state index >= 15 is 0 Å². The normalized spacial score (nSPS) is 17.0. The molecule has 7 nitrogen and oxygen atoms in total. The minimum absolute atomic E-state index is 0.0172. The van der Waals surface area contributed by atoms with Gasteiger partial charge in [-0.1, -0.05) is 6.07 Å². The SMILES string of the molecule is Cc1occc1C(=O)N1CCCC(c2nc3ccc(-c4cccnc4)cn3n2)C1. The van der Waals surface area contributed by atoms with Crippen LogP contribution in [0.5, 0.6) is 0 Å². The van der Waals surface area contributed by atoms with E-state index in [-0.39, 0.29) is 11.8 Å². The molecule has 1 aliphatic heterocycles. The van der Waals surface area contributed by atoms with Crippen molar-refractivity contribution in [2.24, 2.45) is 0 Å². The van der Waals surface area contributed by atoms with Crippen LogP contribution in [0.4, 0.5) is 0 Å². The van der Waals surface area contributed by atoms with Crippen molar-refractivity contribution in [3.8, 4) is 11.1 Å². The van der Waals surface area contributed by atoms with Crippen LogP contribution >= 0.6 is 0 Å². The summed E-state index contributed by atoms with van der Waals surface area (Å²) < 4.78 is 7.11. The quantitative estimate of drug-likeness (QED) is 0.536. The maximum atomic E-state index is 12.8. The zero-order valence-electron chi connectivity index (χ0n) is 16.2. The number of amides is 1. The summed E-state index contributed by atoms with van der Waals surface area (Å²) in [5.41, 5.74) is 3.52. The summed E-state index contributed by atoms with van der Waals surface area (Å²) in [6.07, 6.45) is 9.04. The molecule has 4 aromatic heterocycles. The number of furan rings is 1. The highest BCUT2D eigenvalue weighted by molar-refractivity contribution is 5.95. The standard InChI is InChI=1S/C22H21N5O2/c1-15-19(8-11-29-15)22(28)26-10-3-5-18(13-26)21-24-20-7-6-17(14-27(20)25-21)16-4-2-9-23-12-16/h2,4,6-9,11-12,14,18H,3,5,10,13H2,1H3. The third kappa shape index (κ3) is 3.29. The van der Waals surface area contributed by atoms with E-state index in [1.807, 2.05) is 53.0 Å². The largest absolute Gasteiger partial charge is 0.469 e. The van der Waals surface area contributed by atoms with Crippen molar-refractivity contribution in [3.63, 3.8) is 0 Å². The Morgan fingerprint density at radius 2 is 2.14 bits per heavy atom. The maximum Gasteiger partial charge on any atom is 0.257 e. The Hall–Kier alpha value is -3.48. The summed E-state index contributed by atoms with van der Waals surface area (Å²) in [5, 5.41) is 4.73. The number of rotatable bonds is 3. The van der Waals surface area contributed by atoms with Gasteiger partial charge in [-0.2, -0.15) is 5.10 Å². The zero-order chi connectivity index (χ0) is 19.8. The number of likely N-dealkylation sites (tertiary alicyclic amines) is 1. The summed E-state index contributed by atoms with van der Waals surface area (Å²) in [6.45, 7) is 3.19. The Bertz CT molecular complexity index is 1160.